The van der Waals surface area contributed by atoms with Crippen LogP contribution in [0, 0.1) is 6.57 Å². The summed E-state index contributed by atoms with van der Waals surface area (Å²) in [6, 6.07) is 1.28. The Morgan fingerprint density at radius 1 is 1.67 bits per heavy atom. The van der Waals surface area contributed by atoms with Crippen molar-refractivity contribution in [3.05, 3.63) is 29.5 Å². The third kappa shape index (κ3) is 1.55. The van der Waals surface area contributed by atoms with Crippen LogP contribution in [-0.2, 0) is 4.74 Å². The molecule has 0 radical (unpaired) electrons. The van der Waals surface area contributed by atoms with Gasteiger partial charge < -0.3 is 9.58 Å². The molecule has 0 atom stereocenters. The fourth-order valence-electron chi connectivity index (χ4n) is 0.624. The van der Waals surface area contributed by atoms with E-state index in [1.807, 2.05) is 0 Å². The molecule has 0 N–H and O–H groups in total. The van der Waals surface area contributed by atoms with Gasteiger partial charge >= 0.3 is 5.97 Å². The Hall–Kier alpha value is -1.96. The second-order valence-electron chi connectivity index (χ2n) is 1.86. The molecule has 0 saturated heterocycles. The van der Waals surface area contributed by atoms with Crippen LogP contribution in [0.5, 0.6) is 0 Å². The van der Waals surface area contributed by atoms with Crippen LogP contribution in [0.25, 0.3) is 4.85 Å². The van der Waals surface area contributed by atoms with Crippen LogP contribution in [0.1, 0.15) is 10.5 Å². The van der Waals surface area contributed by atoms with Gasteiger partial charge in [0.2, 0.25) is 6.33 Å². The Kier molecular flexibility index (Phi) is 2.33. The molecule has 1 rings (SSSR count). The van der Waals surface area contributed by atoms with E-state index in [2.05, 4.69) is 19.5 Å². The van der Waals surface area contributed by atoms with Crippen LogP contribution in [0.2, 0.25) is 0 Å². The molecule has 0 unspecified atom stereocenters. The van der Waals surface area contributed by atoms with Gasteiger partial charge in [0.05, 0.1) is 7.11 Å². The maximum atomic E-state index is 10.9. The standard InChI is InChI=1S/C7H5N3O2/c1-8-6-3-5(7(11)12-2)9-4-10-6/h3-4H,2H3. The summed E-state index contributed by atoms with van der Waals surface area (Å²) in [4.78, 5) is 21.1. The molecule has 0 spiro atoms. The number of carbonyl (C=O) groups excluding carboxylic acids is 1. The van der Waals surface area contributed by atoms with Crippen LogP contribution >= 0.6 is 0 Å². The lowest BCUT2D eigenvalue weighted by Gasteiger charge is -1.95. The highest BCUT2D eigenvalue weighted by Gasteiger charge is 2.07. The summed E-state index contributed by atoms with van der Waals surface area (Å²) < 4.78 is 4.40. The Morgan fingerprint density at radius 2 is 2.42 bits per heavy atom. The molecule has 0 aliphatic carbocycles. The Bertz CT molecular complexity index is 343. The Labute approximate surface area is 68.8 Å². The molecule has 60 valence electrons. The molecule has 0 aliphatic heterocycles. The van der Waals surface area contributed by atoms with Crippen molar-refractivity contribution in [1.29, 1.82) is 0 Å². The largest absolute Gasteiger partial charge is 0.464 e. The second kappa shape index (κ2) is 3.44. The van der Waals surface area contributed by atoms with Gasteiger partial charge in [-0.3, -0.25) is 0 Å². The topological polar surface area (TPSA) is 56.4 Å². The molecule has 12 heavy (non-hydrogen) atoms. The average molecular weight is 163 g/mol. The quantitative estimate of drug-likeness (QED) is 0.454. The van der Waals surface area contributed by atoms with E-state index in [0.717, 1.165) is 6.33 Å². The molecule has 0 aromatic carbocycles. The van der Waals surface area contributed by atoms with Crippen molar-refractivity contribution < 1.29 is 9.53 Å². The summed E-state index contributed by atoms with van der Waals surface area (Å²) in [5.74, 6) is -0.437. The molecule has 0 aliphatic rings. The van der Waals surface area contributed by atoms with Crippen molar-refractivity contribution in [2.24, 2.45) is 0 Å². The van der Waals surface area contributed by atoms with E-state index >= 15 is 0 Å². The fourth-order valence-corrected chi connectivity index (χ4v) is 0.624. The number of hydrogen-bond donors (Lipinski definition) is 0. The van der Waals surface area contributed by atoms with E-state index < -0.39 is 5.97 Å². The van der Waals surface area contributed by atoms with E-state index in [9.17, 15) is 4.79 Å². The summed E-state index contributed by atoms with van der Waals surface area (Å²) in [6.07, 6.45) is 1.15. The number of ether oxygens (including phenoxy) is 1. The maximum absolute atomic E-state index is 10.9. The zero-order chi connectivity index (χ0) is 8.97. The first-order valence-electron chi connectivity index (χ1n) is 3.05. The summed E-state index contributed by atoms with van der Waals surface area (Å²) in [5.41, 5.74) is 0.0958. The molecular formula is C7H5N3O2. The highest BCUT2D eigenvalue weighted by atomic mass is 16.5. The summed E-state index contributed by atoms with van der Waals surface area (Å²) in [5, 5.41) is 0. The SMILES string of the molecule is [C-]#[N+]c1cc(C(=O)OC)ncn1. The Balaban J connectivity index is 3.04. The van der Waals surface area contributed by atoms with Crippen molar-refractivity contribution in [3.63, 3.8) is 0 Å². The first kappa shape index (κ1) is 8.14. The van der Waals surface area contributed by atoms with Crippen molar-refractivity contribution in [1.82, 2.24) is 9.97 Å². The van der Waals surface area contributed by atoms with Gasteiger partial charge in [0, 0.05) is 0 Å². The number of carbonyl (C=O) groups is 1. The zero-order valence-corrected chi connectivity index (χ0v) is 6.31. The lowest BCUT2D eigenvalue weighted by atomic mass is 10.4. The smallest absolute Gasteiger partial charge is 0.355 e. The van der Waals surface area contributed by atoms with Crippen LogP contribution in [-0.4, -0.2) is 23.0 Å². The average Bonchev–Trinajstić information content (AvgIpc) is 2.17. The van der Waals surface area contributed by atoms with Crippen molar-refractivity contribution in [2.75, 3.05) is 7.11 Å². The predicted octanol–water partition coefficient (Wildman–Crippen LogP) is 0.814. The molecule has 5 heteroatoms. The van der Waals surface area contributed by atoms with E-state index in [0.29, 0.717) is 0 Å². The van der Waals surface area contributed by atoms with E-state index in [-0.39, 0.29) is 11.5 Å². The van der Waals surface area contributed by atoms with Crippen molar-refractivity contribution in [2.45, 2.75) is 0 Å². The summed E-state index contributed by atoms with van der Waals surface area (Å²) in [6.45, 7) is 6.62. The van der Waals surface area contributed by atoms with Gasteiger partial charge in [-0.05, 0) is 6.07 Å². The molecule has 5 nitrogen and oxygen atoms in total. The van der Waals surface area contributed by atoms with Gasteiger partial charge in [0.15, 0.2) is 0 Å². The minimum atomic E-state index is -0.567. The molecule has 0 fully saturated rings. The molecule has 0 saturated carbocycles. The van der Waals surface area contributed by atoms with Gasteiger partial charge in [-0.25, -0.2) is 9.78 Å². The van der Waals surface area contributed by atoms with Gasteiger partial charge in [0.25, 0.3) is 5.82 Å². The highest BCUT2D eigenvalue weighted by Crippen LogP contribution is 2.07. The van der Waals surface area contributed by atoms with Gasteiger partial charge in [-0.1, -0.05) is 6.57 Å². The molecule has 1 heterocycles. The van der Waals surface area contributed by atoms with E-state index in [1.54, 1.807) is 0 Å². The molecule has 1 aromatic rings. The number of aromatic nitrogens is 2. The van der Waals surface area contributed by atoms with Crippen molar-refractivity contribution in [3.8, 4) is 0 Å². The highest BCUT2D eigenvalue weighted by molar-refractivity contribution is 5.87. The summed E-state index contributed by atoms with van der Waals surface area (Å²) in [7, 11) is 1.25. The molecule has 0 amide bonds. The summed E-state index contributed by atoms with van der Waals surface area (Å²) >= 11 is 0. The number of hydrogen-bond acceptors (Lipinski definition) is 4. The molecule has 0 bridgehead atoms. The number of rotatable bonds is 1. The number of methoxy groups -OCH3 is 1. The monoisotopic (exact) mass is 163 g/mol. The van der Waals surface area contributed by atoms with Crippen LogP contribution < -0.4 is 0 Å². The third-order valence-corrected chi connectivity index (χ3v) is 1.16. The zero-order valence-electron chi connectivity index (χ0n) is 6.31. The normalized spacial score (nSPS) is 8.67. The van der Waals surface area contributed by atoms with Crippen LogP contribution in [0.15, 0.2) is 12.4 Å². The van der Waals surface area contributed by atoms with Crippen LogP contribution in [0.3, 0.4) is 0 Å². The van der Waals surface area contributed by atoms with Gasteiger partial charge in [-0.2, -0.15) is 0 Å². The molecule has 1 aromatic heterocycles. The van der Waals surface area contributed by atoms with Gasteiger partial charge in [0.1, 0.15) is 5.69 Å². The van der Waals surface area contributed by atoms with Gasteiger partial charge in [-0.15, -0.1) is 4.98 Å². The number of nitrogens with zero attached hydrogens (tertiary/aromatic N) is 3. The minimum Gasteiger partial charge on any atom is -0.464 e. The third-order valence-electron chi connectivity index (χ3n) is 1.16. The predicted molar refractivity (Wildman–Crippen MR) is 39.6 cm³/mol. The van der Waals surface area contributed by atoms with Crippen LogP contribution in [0.4, 0.5) is 5.82 Å². The number of esters is 1. The Morgan fingerprint density at radius 3 is 3.00 bits per heavy atom. The van der Waals surface area contributed by atoms with Crippen molar-refractivity contribution >= 4 is 11.8 Å². The lowest BCUT2D eigenvalue weighted by molar-refractivity contribution is 0.0594. The first-order valence-corrected chi connectivity index (χ1v) is 3.05. The van der Waals surface area contributed by atoms with E-state index in [4.69, 9.17) is 6.57 Å². The lowest BCUT2D eigenvalue weighted by Crippen LogP contribution is -2.03. The fraction of sp³-hybridized carbons (Fsp3) is 0.143. The maximum Gasteiger partial charge on any atom is 0.355 e. The second-order valence-corrected chi connectivity index (χ2v) is 1.86. The van der Waals surface area contributed by atoms with E-state index in [1.165, 1.54) is 13.2 Å². The first-order chi connectivity index (χ1) is 5.77. The minimum absolute atomic E-state index is 0.0958. The molecular weight excluding hydrogens is 158 g/mol.